The molecule has 0 amide bonds. The molecule has 0 atom stereocenters. The first-order valence-corrected chi connectivity index (χ1v) is 6.53. The highest BCUT2D eigenvalue weighted by molar-refractivity contribution is 5.29. The topological polar surface area (TPSA) is 12.0 Å². The molecule has 0 aliphatic rings. The lowest BCUT2D eigenvalue weighted by Crippen LogP contribution is -2.23. The minimum absolute atomic E-state index is 0.586. The maximum Gasteiger partial charge on any atom is 0.00105 e. The van der Waals surface area contributed by atoms with Crippen LogP contribution in [-0.2, 0) is 6.42 Å². The van der Waals surface area contributed by atoms with Crippen LogP contribution in [0.3, 0.4) is 0 Å². The Balaban J connectivity index is 2.32. The van der Waals surface area contributed by atoms with Gasteiger partial charge in [0.2, 0.25) is 0 Å². The van der Waals surface area contributed by atoms with Crippen molar-refractivity contribution in [2.75, 3.05) is 6.54 Å². The highest BCUT2D eigenvalue weighted by Gasteiger charge is 1.93. The van der Waals surface area contributed by atoms with Crippen molar-refractivity contribution in [3.63, 3.8) is 0 Å². The quantitative estimate of drug-likeness (QED) is 0.580. The molecule has 0 saturated heterocycles. The molecule has 1 aromatic carbocycles. The third-order valence-electron chi connectivity index (χ3n) is 2.67. The summed E-state index contributed by atoms with van der Waals surface area (Å²) in [6.45, 7) is 9.75. The highest BCUT2D eigenvalue weighted by atomic mass is 14.9. The van der Waals surface area contributed by atoms with Crippen molar-refractivity contribution < 1.29 is 0 Å². The molecule has 0 unspecified atom stereocenters. The van der Waals surface area contributed by atoms with E-state index in [1.165, 1.54) is 16.7 Å². The first kappa shape index (κ1) is 14.0. The van der Waals surface area contributed by atoms with E-state index in [2.05, 4.69) is 63.4 Å². The second-order valence-electron chi connectivity index (χ2n) is 5.07. The van der Waals surface area contributed by atoms with Crippen LogP contribution in [0.25, 0.3) is 0 Å². The van der Waals surface area contributed by atoms with E-state index in [0.29, 0.717) is 6.04 Å². The number of hydrogen-bond donors (Lipinski definition) is 1. The zero-order valence-corrected chi connectivity index (χ0v) is 11.6. The van der Waals surface area contributed by atoms with Crippen molar-refractivity contribution in [3.8, 4) is 0 Å². The van der Waals surface area contributed by atoms with Gasteiger partial charge in [0.25, 0.3) is 0 Å². The van der Waals surface area contributed by atoms with Gasteiger partial charge >= 0.3 is 0 Å². The summed E-state index contributed by atoms with van der Waals surface area (Å²) < 4.78 is 0. The van der Waals surface area contributed by atoms with Crippen molar-refractivity contribution in [2.45, 2.75) is 46.6 Å². The van der Waals surface area contributed by atoms with Gasteiger partial charge in [-0.25, -0.2) is 0 Å². The third kappa shape index (κ3) is 6.28. The van der Waals surface area contributed by atoms with Crippen LogP contribution in [0.4, 0.5) is 0 Å². The van der Waals surface area contributed by atoms with Crippen molar-refractivity contribution in [1.29, 1.82) is 0 Å². The molecule has 0 aliphatic carbocycles. The summed E-state index contributed by atoms with van der Waals surface area (Å²) in [5, 5.41) is 3.41. The van der Waals surface area contributed by atoms with Crippen LogP contribution in [0, 0.1) is 13.8 Å². The van der Waals surface area contributed by atoms with Gasteiger partial charge in [-0.05, 0) is 38.8 Å². The molecular formula is C16H25N. The van der Waals surface area contributed by atoms with Crippen LogP contribution in [0.1, 0.15) is 37.0 Å². The minimum atomic E-state index is 0.586. The molecule has 1 aromatic rings. The molecule has 0 fully saturated rings. The average Bonchev–Trinajstić information content (AvgIpc) is 2.21. The predicted molar refractivity (Wildman–Crippen MR) is 76.5 cm³/mol. The summed E-state index contributed by atoms with van der Waals surface area (Å²) in [6, 6.07) is 7.34. The lowest BCUT2D eigenvalue weighted by atomic mass is 10.0. The monoisotopic (exact) mass is 231 g/mol. The van der Waals surface area contributed by atoms with E-state index < -0.39 is 0 Å². The van der Waals surface area contributed by atoms with Crippen LogP contribution in [-0.4, -0.2) is 12.6 Å². The van der Waals surface area contributed by atoms with Gasteiger partial charge in [-0.1, -0.05) is 55.3 Å². The van der Waals surface area contributed by atoms with Crippen LogP contribution in [0.2, 0.25) is 0 Å². The highest BCUT2D eigenvalue weighted by Crippen LogP contribution is 2.09. The molecule has 0 heterocycles. The third-order valence-corrected chi connectivity index (χ3v) is 2.67. The average molecular weight is 231 g/mol. The Kier molecular flexibility index (Phi) is 5.99. The number of allylic oxidation sites excluding steroid dienone is 1. The van der Waals surface area contributed by atoms with Gasteiger partial charge < -0.3 is 5.32 Å². The predicted octanol–water partition coefficient (Wildman–Crippen LogP) is 3.79. The van der Waals surface area contributed by atoms with Gasteiger partial charge in [-0.15, -0.1) is 0 Å². The molecule has 17 heavy (non-hydrogen) atoms. The number of benzene rings is 1. The Morgan fingerprint density at radius 2 is 1.71 bits per heavy atom. The summed E-state index contributed by atoms with van der Waals surface area (Å²) >= 11 is 0. The largest absolute Gasteiger partial charge is 0.314 e. The Morgan fingerprint density at radius 3 is 2.29 bits per heavy atom. The molecule has 0 aliphatic heterocycles. The second kappa shape index (κ2) is 7.29. The lowest BCUT2D eigenvalue weighted by molar-refractivity contribution is 0.594. The molecule has 0 radical (unpaired) electrons. The normalized spacial score (nSPS) is 11.6. The maximum absolute atomic E-state index is 3.41. The number of aryl methyl sites for hydroxylation is 2. The van der Waals surface area contributed by atoms with Crippen LogP contribution in [0.5, 0.6) is 0 Å². The maximum atomic E-state index is 3.41. The summed E-state index contributed by atoms with van der Waals surface area (Å²) in [5.74, 6) is 0. The second-order valence-corrected chi connectivity index (χ2v) is 5.07. The molecule has 0 bridgehead atoms. The summed E-state index contributed by atoms with van der Waals surface area (Å²) in [6.07, 6.45) is 6.70. The number of hydrogen-bond acceptors (Lipinski definition) is 1. The van der Waals surface area contributed by atoms with Crippen LogP contribution < -0.4 is 5.32 Å². The van der Waals surface area contributed by atoms with Gasteiger partial charge in [0.1, 0.15) is 0 Å². The van der Waals surface area contributed by atoms with E-state index in [-0.39, 0.29) is 0 Å². The number of rotatable bonds is 6. The van der Waals surface area contributed by atoms with Crippen molar-refractivity contribution in [2.24, 2.45) is 0 Å². The first-order chi connectivity index (χ1) is 8.08. The van der Waals surface area contributed by atoms with Crippen molar-refractivity contribution in [1.82, 2.24) is 5.32 Å². The summed E-state index contributed by atoms with van der Waals surface area (Å²) in [4.78, 5) is 0. The molecular weight excluding hydrogens is 206 g/mol. The van der Waals surface area contributed by atoms with E-state index in [1.54, 1.807) is 0 Å². The minimum Gasteiger partial charge on any atom is -0.314 e. The fraction of sp³-hybridized carbons (Fsp3) is 0.500. The number of nitrogens with one attached hydrogen (secondary N) is 1. The van der Waals surface area contributed by atoms with Gasteiger partial charge in [-0.2, -0.15) is 0 Å². The standard InChI is InChI=1S/C16H25N/c1-13(2)17-9-7-5-6-8-16-11-14(3)10-15(4)12-16/h5-6,10-13,17H,7-9H2,1-4H3. The van der Waals surface area contributed by atoms with E-state index in [4.69, 9.17) is 0 Å². The van der Waals surface area contributed by atoms with Gasteiger partial charge in [0.05, 0.1) is 0 Å². The molecule has 1 nitrogen and oxygen atoms in total. The molecule has 94 valence electrons. The molecule has 0 spiro atoms. The van der Waals surface area contributed by atoms with Crippen molar-refractivity contribution >= 4 is 0 Å². The SMILES string of the molecule is Cc1cc(C)cc(CC=CCCNC(C)C)c1. The Morgan fingerprint density at radius 1 is 1.06 bits per heavy atom. The molecule has 1 heteroatoms. The fourth-order valence-corrected chi connectivity index (χ4v) is 1.98. The Labute approximate surface area is 106 Å². The molecule has 1 N–H and O–H groups in total. The lowest BCUT2D eigenvalue weighted by Gasteiger charge is -2.05. The smallest absolute Gasteiger partial charge is 0.00105 e. The zero-order chi connectivity index (χ0) is 12.7. The van der Waals surface area contributed by atoms with Gasteiger partial charge in [0.15, 0.2) is 0 Å². The Hall–Kier alpha value is -1.08. The van der Waals surface area contributed by atoms with Crippen LogP contribution in [0.15, 0.2) is 30.4 Å². The van der Waals surface area contributed by atoms with E-state index in [9.17, 15) is 0 Å². The van der Waals surface area contributed by atoms with Gasteiger partial charge in [-0.3, -0.25) is 0 Å². The van der Waals surface area contributed by atoms with Gasteiger partial charge in [0, 0.05) is 6.04 Å². The van der Waals surface area contributed by atoms with E-state index >= 15 is 0 Å². The molecule has 1 rings (SSSR count). The van der Waals surface area contributed by atoms with Crippen LogP contribution >= 0.6 is 0 Å². The van der Waals surface area contributed by atoms with E-state index in [1.807, 2.05) is 0 Å². The summed E-state index contributed by atoms with van der Waals surface area (Å²) in [5.41, 5.74) is 4.13. The summed E-state index contributed by atoms with van der Waals surface area (Å²) in [7, 11) is 0. The Bertz CT molecular complexity index is 344. The molecule has 0 aromatic heterocycles. The molecule has 0 saturated carbocycles. The van der Waals surface area contributed by atoms with Crippen molar-refractivity contribution in [3.05, 3.63) is 47.0 Å². The fourth-order valence-electron chi connectivity index (χ4n) is 1.98. The van der Waals surface area contributed by atoms with E-state index in [0.717, 1.165) is 19.4 Å². The first-order valence-electron chi connectivity index (χ1n) is 6.53. The zero-order valence-electron chi connectivity index (χ0n) is 11.6.